The van der Waals surface area contributed by atoms with E-state index in [-0.39, 0.29) is 29.5 Å². The second-order valence-corrected chi connectivity index (χ2v) is 8.61. The maximum Gasteiger partial charge on any atom is 0.293 e. The number of carbonyl (C=O) groups excluding carboxylic acids is 3. The van der Waals surface area contributed by atoms with E-state index in [0.29, 0.717) is 24.6 Å². The molecule has 0 spiro atoms. The van der Waals surface area contributed by atoms with Crippen LogP contribution < -0.4 is 5.32 Å². The number of rotatable bonds is 9. The van der Waals surface area contributed by atoms with Crippen LogP contribution in [0.15, 0.2) is 35.4 Å². The molecule has 3 amide bonds. The smallest absolute Gasteiger partial charge is 0.293 e. The minimum Gasteiger partial charge on any atom is -0.385 e. The highest BCUT2D eigenvalue weighted by molar-refractivity contribution is 8.18. The van der Waals surface area contributed by atoms with Gasteiger partial charge in [-0.25, -0.2) is 0 Å². The predicted molar refractivity (Wildman–Crippen MR) is 119 cm³/mol. The molecule has 1 fully saturated rings. The maximum absolute atomic E-state index is 12.7. The van der Waals surface area contributed by atoms with E-state index in [4.69, 9.17) is 4.74 Å². The van der Waals surface area contributed by atoms with Crippen LogP contribution in [0.25, 0.3) is 17.0 Å². The number of fused-ring (bicyclic) bond motifs is 1. The topological polar surface area (TPSA) is 80.6 Å². The van der Waals surface area contributed by atoms with E-state index in [0.717, 1.165) is 34.6 Å². The number of nitrogens with one attached hydrogen (secondary N) is 1. The van der Waals surface area contributed by atoms with E-state index < -0.39 is 0 Å². The minimum absolute atomic E-state index is 0.0873. The average molecular weight is 430 g/mol. The molecule has 1 N–H and O–H groups in total. The molecule has 0 aliphatic carbocycles. The van der Waals surface area contributed by atoms with Gasteiger partial charge >= 0.3 is 0 Å². The number of ether oxygens (including phenoxy) is 1. The summed E-state index contributed by atoms with van der Waals surface area (Å²) in [5.41, 5.74) is 1.71. The number of methoxy groups -OCH3 is 1. The number of hydrogen-bond acceptors (Lipinski definition) is 5. The summed E-state index contributed by atoms with van der Waals surface area (Å²) in [7, 11) is 1.63. The third kappa shape index (κ3) is 5.12. The summed E-state index contributed by atoms with van der Waals surface area (Å²) in [6.07, 6.45) is 4.36. The van der Waals surface area contributed by atoms with Crippen molar-refractivity contribution in [2.45, 2.75) is 26.8 Å². The molecule has 8 heteroatoms. The summed E-state index contributed by atoms with van der Waals surface area (Å²) in [6, 6.07) is 7.72. The number of benzene rings is 1. The normalized spacial score (nSPS) is 15.7. The zero-order chi connectivity index (χ0) is 21.7. The van der Waals surface area contributed by atoms with Crippen LogP contribution in [-0.2, 0) is 20.9 Å². The molecular weight excluding hydrogens is 402 g/mol. The average Bonchev–Trinajstić information content (AvgIpc) is 3.17. The lowest BCUT2D eigenvalue weighted by molar-refractivity contribution is -0.123. The zero-order valence-electron chi connectivity index (χ0n) is 17.5. The fraction of sp³-hybridized carbons (Fsp3) is 0.409. The van der Waals surface area contributed by atoms with E-state index >= 15 is 0 Å². The van der Waals surface area contributed by atoms with E-state index in [1.807, 2.05) is 48.9 Å². The van der Waals surface area contributed by atoms with Gasteiger partial charge in [-0.1, -0.05) is 32.0 Å². The van der Waals surface area contributed by atoms with Crippen molar-refractivity contribution in [3.8, 4) is 0 Å². The van der Waals surface area contributed by atoms with Crippen LogP contribution >= 0.6 is 11.8 Å². The van der Waals surface area contributed by atoms with Gasteiger partial charge in [-0.05, 0) is 36.2 Å². The summed E-state index contributed by atoms with van der Waals surface area (Å²) in [4.78, 5) is 39.0. The van der Waals surface area contributed by atoms with Crippen molar-refractivity contribution in [1.82, 2.24) is 14.8 Å². The fourth-order valence-electron chi connectivity index (χ4n) is 3.34. The number of amides is 3. The first-order chi connectivity index (χ1) is 14.4. The van der Waals surface area contributed by atoms with Crippen LogP contribution in [0.2, 0.25) is 0 Å². The van der Waals surface area contributed by atoms with E-state index in [2.05, 4.69) is 5.32 Å². The molecule has 0 bridgehead atoms. The Balaban J connectivity index is 1.82. The number of para-hydroxylation sites is 1. The summed E-state index contributed by atoms with van der Waals surface area (Å²) in [6.45, 7) is 5.69. The third-order valence-electron chi connectivity index (χ3n) is 4.69. The molecule has 0 saturated carbocycles. The highest BCUT2D eigenvalue weighted by Gasteiger charge is 2.35. The molecule has 7 nitrogen and oxygen atoms in total. The monoisotopic (exact) mass is 429 g/mol. The minimum atomic E-state index is -0.258. The van der Waals surface area contributed by atoms with Crippen molar-refractivity contribution in [3.05, 3.63) is 40.9 Å². The van der Waals surface area contributed by atoms with Crippen molar-refractivity contribution in [1.29, 1.82) is 0 Å². The van der Waals surface area contributed by atoms with Crippen LogP contribution in [0.5, 0.6) is 0 Å². The molecule has 0 unspecified atom stereocenters. The first-order valence-electron chi connectivity index (χ1n) is 9.99. The first-order valence-corrected chi connectivity index (χ1v) is 10.8. The van der Waals surface area contributed by atoms with Crippen LogP contribution in [-0.4, -0.2) is 53.3 Å². The van der Waals surface area contributed by atoms with Crippen molar-refractivity contribution in [2.24, 2.45) is 5.92 Å². The number of nitrogens with zero attached hydrogens (tertiary/aromatic N) is 2. The molecule has 1 aliphatic rings. The number of thioether (sulfide) groups is 1. The van der Waals surface area contributed by atoms with Gasteiger partial charge in [0, 0.05) is 49.5 Å². The van der Waals surface area contributed by atoms with Crippen LogP contribution in [0.3, 0.4) is 0 Å². The molecule has 160 valence electrons. The van der Waals surface area contributed by atoms with Gasteiger partial charge in [0.15, 0.2) is 0 Å². The van der Waals surface area contributed by atoms with Crippen molar-refractivity contribution < 1.29 is 19.1 Å². The van der Waals surface area contributed by atoms with Crippen LogP contribution in [0.4, 0.5) is 4.79 Å². The van der Waals surface area contributed by atoms with E-state index in [1.165, 1.54) is 4.90 Å². The van der Waals surface area contributed by atoms with E-state index in [9.17, 15) is 14.4 Å². The Labute approximate surface area is 180 Å². The van der Waals surface area contributed by atoms with Gasteiger partial charge in [-0.15, -0.1) is 0 Å². The van der Waals surface area contributed by atoms with Gasteiger partial charge in [0.25, 0.3) is 11.1 Å². The second kappa shape index (κ2) is 9.95. The maximum atomic E-state index is 12.7. The Kier molecular flexibility index (Phi) is 7.33. The molecule has 1 aliphatic heterocycles. The summed E-state index contributed by atoms with van der Waals surface area (Å²) in [5, 5.41) is 3.58. The highest BCUT2D eigenvalue weighted by atomic mass is 32.2. The summed E-state index contributed by atoms with van der Waals surface area (Å²) >= 11 is 0.964. The van der Waals surface area contributed by atoms with Crippen LogP contribution in [0, 0.1) is 5.92 Å². The zero-order valence-corrected chi connectivity index (χ0v) is 18.3. The fourth-order valence-corrected chi connectivity index (χ4v) is 4.18. The van der Waals surface area contributed by atoms with Gasteiger partial charge in [0.2, 0.25) is 5.91 Å². The first kappa shape index (κ1) is 22.1. The van der Waals surface area contributed by atoms with Gasteiger partial charge in [0.05, 0.1) is 4.91 Å². The van der Waals surface area contributed by atoms with Gasteiger partial charge in [-0.3, -0.25) is 19.3 Å². The second-order valence-electron chi connectivity index (χ2n) is 7.61. The molecule has 0 radical (unpaired) electrons. The van der Waals surface area contributed by atoms with Crippen LogP contribution in [0.1, 0.15) is 25.8 Å². The number of hydrogen-bond donors (Lipinski definition) is 1. The molecule has 1 aromatic carbocycles. The SMILES string of the molecule is COCCCNC(=O)Cn1cc(/C=C2\SC(=O)N(CC(C)C)C2=O)c2ccccc21. The van der Waals surface area contributed by atoms with Gasteiger partial charge in [-0.2, -0.15) is 0 Å². The van der Waals surface area contributed by atoms with Crippen molar-refractivity contribution in [3.63, 3.8) is 0 Å². The Morgan fingerprint density at radius 2 is 2.03 bits per heavy atom. The molecular formula is C22H27N3O4S. The number of aromatic nitrogens is 1. The van der Waals surface area contributed by atoms with Gasteiger partial charge < -0.3 is 14.6 Å². The Bertz CT molecular complexity index is 980. The molecule has 1 aromatic heterocycles. The lowest BCUT2D eigenvalue weighted by Gasteiger charge is -2.14. The molecule has 2 heterocycles. The third-order valence-corrected chi connectivity index (χ3v) is 5.60. The summed E-state index contributed by atoms with van der Waals surface area (Å²) in [5.74, 6) is -0.135. The lowest BCUT2D eigenvalue weighted by atomic mass is 10.1. The Morgan fingerprint density at radius 1 is 1.27 bits per heavy atom. The summed E-state index contributed by atoms with van der Waals surface area (Å²) < 4.78 is 6.86. The molecule has 0 atom stereocenters. The highest BCUT2D eigenvalue weighted by Crippen LogP contribution is 2.34. The van der Waals surface area contributed by atoms with E-state index in [1.54, 1.807) is 13.2 Å². The van der Waals surface area contributed by atoms with Crippen molar-refractivity contribution >= 4 is 45.8 Å². The predicted octanol–water partition coefficient (Wildman–Crippen LogP) is 3.49. The van der Waals surface area contributed by atoms with Gasteiger partial charge in [0.1, 0.15) is 6.54 Å². The molecule has 2 aromatic rings. The largest absolute Gasteiger partial charge is 0.385 e. The Morgan fingerprint density at radius 3 is 2.77 bits per heavy atom. The number of imide groups is 1. The number of carbonyl (C=O) groups is 3. The Hall–Kier alpha value is -2.58. The molecule has 1 saturated heterocycles. The standard InChI is InChI=1S/C22H27N3O4S/c1-15(2)12-25-21(27)19(30-22(25)28)11-16-13-24(18-8-5-4-7-17(16)18)14-20(26)23-9-6-10-29-3/h4-5,7-8,11,13,15H,6,9-10,12,14H2,1-3H3,(H,23,26)/b19-11-. The lowest BCUT2D eigenvalue weighted by Crippen LogP contribution is -2.31. The quantitative estimate of drug-likeness (QED) is 0.488. The molecule has 30 heavy (non-hydrogen) atoms. The molecule has 3 rings (SSSR count). The van der Waals surface area contributed by atoms with Crippen molar-refractivity contribution in [2.75, 3.05) is 26.8 Å².